The van der Waals surface area contributed by atoms with Gasteiger partial charge in [-0.2, -0.15) is 5.10 Å². The van der Waals surface area contributed by atoms with Crippen LogP contribution in [0.2, 0.25) is 0 Å². The van der Waals surface area contributed by atoms with E-state index in [1.807, 2.05) is 30.3 Å². The van der Waals surface area contributed by atoms with Crippen LogP contribution in [-0.4, -0.2) is 20.7 Å². The Morgan fingerprint density at radius 3 is 2.68 bits per heavy atom. The first-order chi connectivity index (χ1) is 12.2. The maximum atomic E-state index is 12.7. The second-order valence-corrected chi connectivity index (χ2v) is 6.31. The normalized spacial score (nSPS) is 13.8. The number of nitrogens with zero attached hydrogens (tertiary/aromatic N) is 3. The van der Waals surface area contributed by atoms with Crippen molar-refractivity contribution in [3.05, 3.63) is 70.4 Å². The molecule has 25 heavy (non-hydrogen) atoms. The Hall–Kier alpha value is -3.02. The lowest BCUT2D eigenvalue weighted by Gasteiger charge is -2.12. The minimum absolute atomic E-state index is 0.0656. The Morgan fingerprint density at radius 1 is 1.16 bits per heavy atom. The summed E-state index contributed by atoms with van der Waals surface area (Å²) in [6, 6.07) is 11.1. The van der Waals surface area contributed by atoms with Gasteiger partial charge in [0.2, 0.25) is 5.91 Å². The Bertz CT molecular complexity index is 978. The van der Waals surface area contributed by atoms with E-state index in [2.05, 4.69) is 15.4 Å². The maximum absolute atomic E-state index is 12.7. The monoisotopic (exact) mass is 334 g/mol. The third-order valence-electron chi connectivity index (χ3n) is 4.38. The van der Waals surface area contributed by atoms with E-state index in [1.54, 1.807) is 18.5 Å². The van der Waals surface area contributed by atoms with Crippen LogP contribution in [0.4, 0.5) is 0 Å². The number of aromatic nitrogens is 3. The number of nitrogens with one attached hydrogen (secondary N) is 1. The molecule has 1 amide bonds. The van der Waals surface area contributed by atoms with Gasteiger partial charge in [0.1, 0.15) is 0 Å². The molecule has 6 nitrogen and oxygen atoms in total. The molecule has 1 aliphatic rings. The zero-order valence-electron chi connectivity index (χ0n) is 13.7. The van der Waals surface area contributed by atoms with Crippen LogP contribution >= 0.6 is 0 Å². The van der Waals surface area contributed by atoms with Gasteiger partial charge in [-0.05, 0) is 30.5 Å². The highest BCUT2D eigenvalue weighted by Crippen LogP contribution is 2.28. The highest BCUT2D eigenvalue weighted by Gasteiger charge is 2.29. The molecule has 1 saturated carbocycles. The van der Waals surface area contributed by atoms with E-state index in [9.17, 15) is 9.59 Å². The summed E-state index contributed by atoms with van der Waals surface area (Å²) in [6.45, 7) is 0.671. The van der Waals surface area contributed by atoms with E-state index < -0.39 is 0 Å². The fraction of sp³-hybridized carbons (Fsp3) is 0.263. The molecule has 126 valence electrons. The molecule has 6 heteroatoms. The molecule has 0 unspecified atom stereocenters. The van der Waals surface area contributed by atoms with Crippen LogP contribution in [-0.2, 0) is 17.9 Å². The fourth-order valence-electron chi connectivity index (χ4n) is 2.87. The van der Waals surface area contributed by atoms with E-state index in [0.717, 1.165) is 23.8 Å². The molecule has 2 heterocycles. The van der Waals surface area contributed by atoms with E-state index in [1.165, 1.54) is 4.68 Å². The van der Waals surface area contributed by atoms with Crippen LogP contribution < -0.4 is 10.9 Å². The third kappa shape index (κ3) is 3.28. The SMILES string of the molecule is O=C(NCc1nn(Cc2cccnc2)c(=O)c2ccccc12)C1CC1. The molecule has 0 aliphatic heterocycles. The fourth-order valence-corrected chi connectivity index (χ4v) is 2.87. The molecule has 1 N–H and O–H groups in total. The van der Waals surface area contributed by atoms with E-state index >= 15 is 0 Å². The summed E-state index contributed by atoms with van der Waals surface area (Å²) >= 11 is 0. The van der Waals surface area contributed by atoms with Gasteiger partial charge in [-0.3, -0.25) is 14.6 Å². The summed E-state index contributed by atoms with van der Waals surface area (Å²) in [5.74, 6) is 0.212. The number of carbonyl (C=O) groups is 1. The first-order valence-electron chi connectivity index (χ1n) is 8.38. The molecular formula is C19H18N4O2. The van der Waals surface area contributed by atoms with Crippen molar-refractivity contribution in [3.63, 3.8) is 0 Å². The summed E-state index contributed by atoms with van der Waals surface area (Å²) in [5, 5.41) is 8.84. The van der Waals surface area contributed by atoms with E-state index in [-0.39, 0.29) is 17.4 Å². The van der Waals surface area contributed by atoms with Crippen LogP contribution in [0.15, 0.2) is 53.6 Å². The largest absolute Gasteiger partial charge is 0.350 e. The molecular weight excluding hydrogens is 316 g/mol. The van der Waals surface area contributed by atoms with Crippen LogP contribution in [0.1, 0.15) is 24.1 Å². The zero-order valence-corrected chi connectivity index (χ0v) is 13.7. The van der Waals surface area contributed by atoms with Gasteiger partial charge in [0.15, 0.2) is 0 Å². The first-order valence-corrected chi connectivity index (χ1v) is 8.38. The lowest BCUT2D eigenvalue weighted by molar-refractivity contribution is -0.122. The minimum atomic E-state index is -0.142. The first kappa shape index (κ1) is 15.5. The van der Waals surface area contributed by atoms with Crippen LogP contribution in [0.25, 0.3) is 10.8 Å². The molecule has 0 spiro atoms. The molecule has 3 aromatic rings. The predicted molar refractivity (Wildman–Crippen MR) is 93.9 cm³/mol. The summed E-state index contributed by atoms with van der Waals surface area (Å²) in [5.41, 5.74) is 1.46. The van der Waals surface area contributed by atoms with E-state index in [4.69, 9.17) is 0 Å². The van der Waals surface area contributed by atoms with Crippen LogP contribution in [0.5, 0.6) is 0 Å². The number of carbonyl (C=O) groups excluding carboxylic acids is 1. The molecule has 1 aliphatic carbocycles. The zero-order chi connectivity index (χ0) is 17.2. The summed E-state index contributed by atoms with van der Waals surface area (Å²) in [7, 11) is 0. The van der Waals surface area contributed by atoms with Gasteiger partial charge in [0.05, 0.1) is 24.2 Å². The number of rotatable bonds is 5. The van der Waals surface area contributed by atoms with Crippen molar-refractivity contribution in [2.45, 2.75) is 25.9 Å². The summed E-state index contributed by atoms with van der Waals surface area (Å²) in [6.07, 6.45) is 5.33. The topological polar surface area (TPSA) is 76.9 Å². The van der Waals surface area contributed by atoms with Crippen molar-refractivity contribution in [2.24, 2.45) is 5.92 Å². The van der Waals surface area contributed by atoms with Crippen molar-refractivity contribution in [1.29, 1.82) is 0 Å². The standard InChI is InChI=1S/C19H18N4O2/c24-18(14-7-8-14)21-11-17-15-5-1-2-6-16(15)19(25)23(22-17)12-13-4-3-9-20-10-13/h1-6,9-10,14H,7-8,11-12H2,(H,21,24). The van der Waals surface area contributed by atoms with Crippen LogP contribution in [0, 0.1) is 5.92 Å². The summed E-state index contributed by atoms with van der Waals surface area (Å²) < 4.78 is 1.44. The molecule has 1 aromatic carbocycles. The lowest BCUT2D eigenvalue weighted by atomic mass is 10.1. The number of fused-ring (bicyclic) bond motifs is 1. The molecule has 4 rings (SSSR count). The van der Waals surface area contributed by atoms with Gasteiger partial charge < -0.3 is 5.32 Å². The van der Waals surface area contributed by atoms with Crippen molar-refractivity contribution in [1.82, 2.24) is 20.1 Å². The Kier molecular flexibility index (Phi) is 4.01. The lowest BCUT2D eigenvalue weighted by Crippen LogP contribution is -2.29. The average molecular weight is 334 g/mol. The molecule has 0 atom stereocenters. The highest BCUT2D eigenvalue weighted by molar-refractivity contribution is 5.85. The van der Waals surface area contributed by atoms with Crippen molar-refractivity contribution in [2.75, 3.05) is 0 Å². The smallest absolute Gasteiger partial charge is 0.274 e. The maximum Gasteiger partial charge on any atom is 0.274 e. The van der Waals surface area contributed by atoms with Gasteiger partial charge in [0.25, 0.3) is 5.56 Å². The van der Waals surface area contributed by atoms with Gasteiger partial charge in [0, 0.05) is 23.7 Å². The average Bonchev–Trinajstić information content (AvgIpc) is 3.49. The Morgan fingerprint density at radius 2 is 1.96 bits per heavy atom. The van der Waals surface area contributed by atoms with Gasteiger partial charge in [-0.15, -0.1) is 0 Å². The Balaban J connectivity index is 1.71. The number of hydrogen-bond donors (Lipinski definition) is 1. The highest BCUT2D eigenvalue weighted by atomic mass is 16.2. The van der Waals surface area contributed by atoms with Gasteiger partial charge in [-0.25, -0.2) is 4.68 Å². The Labute approximate surface area is 144 Å². The second kappa shape index (κ2) is 6.47. The van der Waals surface area contributed by atoms with E-state index in [0.29, 0.717) is 24.2 Å². The molecule has 1 fully saturated rings. The molecule has 2 aromatic heterocycles. The van der Waals surface area contributed by atoms with Crippen molar-refractivity contribution in [3.8, 4) is 0 Å². The number of hydrogen-bond acceptors (Lipinski definition) is 4. The van der Waals surface area contributed by atoms with Crippen molar-refractivity contribution >= 4 is 16.7 Å². The number of pyridine rings is 1. The summed E-state index contributed by atoms with van der Waals surface area (Å²) in [4.78, 5) is 28.8. The van der Waals surface area contributed by atoms with Gasteiger partial charge >= 0.3 is 0 Å². The van der Waals surface area contributed by atoms with Gasteiger partial charge in [-0.1, -0.05) is 24.3 Å². The third-order valence-corrected chi connectivity index (χ3v) is 4.38. The molecule has 0 bridgehead atoms. The molecule has 0 saturated heterocycles. The molecule has 0 radical (unpaired) electrons. The van der Waals surface area contributed by atoms with Crippen molar-refractivity contribution < 1.29 is 4.79 Å². The minimum Gasteiger partial charge on any atom is -0.350 e. The number of benzene rings is 1. The second-order valence-electron chi connectivity index (χ2n) is 6.31. The quantitative estimate of drug-likeness (QED) is 0.773. The number of amides is 1. The van der Waals surface area contributed by atoms with Crippen LogP contribution in [0.3, 0.4) is 0 Å². The predicted octanol–water partition coefficient (Wildman–Crippen LogP) is 1.87.